The molecule has 1 aliphatic heterocycles. The monoisotopic (exact) mass is 329 g/mol. The first-order chi connectivity index (χ1) is 11.7. The van der Waals surface area contributed by atoms with E-state index >= 15 is 0 Å². The van der Waals surface area contributed by atoms with Gasteiger partial charge in [0.1, 0.15) is 0 Å². The Kier molecular flexibility index (Phi) is 5.22. The summed E-state index contributed by atoms with van der Waals surface area (Å²) in [5.41, 5.74) is 7.33. The summed E-state index contributed by atoms with van der Waals surface area (Å²) in [6, 6.07) is 7.51. The van der Waals surface area contributed by atoms with E-state index in [4.69, 9.17) is 10.3 Å². The van der Waals surface area contributed by atoms with Crippen LogP contribution in [0.25, 0.3) is 0 Å². The number of hydrogen-bond donors (Lipinski definition) is 1. The summed E-state index contributed by atoms with van der Waals surface area (Å²) in [7, 11) is 0. The normalized spacial score (nSPS) is 15.7. The fourth-order valence-electron chi connectivity index (χ4n) is 2.77. The van der Waals surface area contributed by atoms with Crippen LogP contribution >= 0.6 is 0 Å². The maximum absolute atomic E-state index is 12.5. The van der Waals surface area contributed by atoms with Gasteiger partial charge in [0, 0.05) is 44.7 Å². The highest BCUT2D eigenvalue weighted by Crippen LogP contribution is 2.12. The average Bonchev–Trinajstić information content (AvgIpc) is 3.09. The lowest BCUT2D eigenvalue weighted by atomic mass is 10.1. The molecule has 0 radical (unpaired) electrons. The topological polar surface area (TPSA) is 88.5 Å². The third-order valence-corrected chi connectivity index (χ3v) is 4.27. The van der Waals surface area contributed by atoms with Crippen molar-refractivity contribution in [3.63, 3.8) is 0 Å². The number of amides is 1. The molecular formula is C17H23N5O2. The third kappa shape index (κ3) is 3.80. The van der Waals surface area contributed by atoms with Crippen molar-refractivity contribution in [2.45, 2.75) is 26.4 Å². The Labute approximate surface area is 141 Å². The van der Waals surface area contributed by atoms with Crippen LogP contribution in [0.5, 0.6) is 0 Å². The zero-order valence-corrected chi connectivity index (χ0v) is 13.9. The number of nitrogens with zero attached hydrogens (tertiary/aromatic N) is 4. The molecule has 7 nitrogen and oxygen atoms in total. The third-order valence-electron chi connectivity index (χ3n) is 4.27. The van der Waals surface area contributed by atoms with Crippen LogP contribution in [-0.4, -0.2) is 52.0 Å². The number of aromatic nitrogens is 2. The van der Waals surface area contributed by atoms with Gasteiger partial charge >= 0.3 is 0 Å². The first kappa shape index (κ1) is 16.6. The largest absolute Gasteiger partial charge is 0.339 e. The lowest BCUT2D eigenvalue weighted by molar-refractivity contribution is 0.0624. The number of rotatable bonds is 5. The number of aryl methyl sites for hydroxylation is 1. The van der Waals surface area contributed by atoms with Gasteiger partial charge in [-0.15, -0.1) is 0 Å². The van der Waals surface area contributed by atoms with Crippen molar-refractivity contribution in [3.8, 4) is 0 Å². The fourth-order valence-corrected chi connectivity index (χ4v) is 2.77. The molecule has 0 spiro atoms. The Balaban J connectivity index is 1.53. The maximum Gasteiger partial charge on any atom is 0.253 e. The van der Waals surface area contributed by atoms with Gasteiger partial charge in [0.15, 0.2) is 5.82 Å². The van der Waals surface area contributed by atoms with E-state index in [1.807, 2.05) is 36.1 Å². The summed E-state index contributed by atoms with van der Waals surface area (Å²) in [4.78, 5) is 21.0. The van der Waals surface area contributed by atoms with Crippen molar-refractivity contribution in [1.82, 2.24) is 19.9 Å². The van der Waals surface area contributed by atoms with Crippen molar-refractivity contribution < 1.29 is 9.32 Å². The number of hydrogen-bond acceptors (Lipinski definition) is 6. The zero-order valence-electron chi connectivity index (χ0n) is 13.9. The summed E-state index contributed by atoms with van der Waals surface area (Å²) in [6.45, 7) is 6.17. The lowest BCUT2D eigenvalue weighted by Gasteiger charge is -2.34. The molecule has 3 rings (SSSR count). The van der Waals surface area contributed by atoms with E-state index in [1.165, 1.54) is 0 Å². The SMILES string of the molecule is CCc1nc(CN2CCN(C(=O)c3ccc(CN)cc3)CC2)no1. The molecule has 128 valence electrons. The zero-order chi connectivity index (χ0) is 16.9. The standard InChI is InChI=1S/C17H23N5O2/c1-2-16-19-15(20-24-16)12-21-7-9-22(10-8-21)17(23)14-5-3-13(11-18)4-6-14/h3-6H,2,7-12,18H2,1H3. The van der Waals surface area contributed by atoms with Crippen LogP contribution in [0, 0.1) is 0 Å². The van der Waals surface area contributed by atoms with E-state index in [-0.39, 0.29) is 5.91 Å². The molecule has 1 saturated heterocycles. The van der Waals surface area contributed by atoms with Crippen molar-refractivity contribution in [3.05, 3.63) is 47.1 Å². The molecule has 0 atom stereocenters. The second-order valence-electron chi connectivity index (χ2n) is 5.93. The smallest absolute Gasteiger partial charge is 0.253 e. The molecular weight excluding hydrogens is 306 g/mol. The molecule has 2 N–H and O–H groups in total. The Morgan fingerprint density at radius 3 is 2.50 bits per heavy atom. The van der Waals surface area contributed by atoms with E-state index in [1.54, 1.807) is 0 Å². The first-order valence-electron chi connectivity index (χ1n) is 8.31. The molecule has 7 heteroatoms. The number of benzene rings is 1. The lowest BCUT2D eigenvalue weighted by Crippen LogP contribution is -2.48. The van der Waals surface area contributed by atoms with Gasteiger partial charge in [-0.25, -0.2) is 0 Å². The summed E-state index contributed by atoms with van der Waals surface area (Å²) >= 11 is 0. The molecule has 1 aliphatic rings. The molecule has 1 amide bonds. The summed E-state index contributed by atoms with van der Waals surface area (Å²) in [6.07, 6.45) is 0.748. The molecule has 1 aromatic heterocycles. The van der Waals surface area contributed by atoms with Crippen molar-refractivity contribution in [2.75, 3.05) is 26.2 Å². The first-order valence-corrected chi connectivity index (χ1v) is 8.31. The average molecular weight is 329 g/mol. The fraction of sp³-hybridized carbons (Fsp3) is 0.471. The summed E-state index contributed by atoms with van der Waals surface area (Å²) < 4.78 is 5.13. The van der Waals surface area contributed by atoms with Gasteiger partial charge in [-0.3, -0.25) is 9.69 Å². The van der Waals surface area contributed by atoms with Crippen LogP contribution in [-0.2, 0) is 19.5 Å². The minimum Gasteiger partial charge on any atom is -0.339 e. The maximum atomic E-state index is 12.5. The molecule has 2 heterocycles. The Morgan fingerprint density at radius 2 is 1.92 bits per heavy atom. The van der Waals surface area contributed by atoms with Crippen LogP contribution in [0.2, 0.25) is 0 Å². The van der Waals surface area contributed by atoms with Crippen LogP contribution in [0.1, 0.15) is 34.6 Å². The van der Waals surface area contributed by atoms with Gasteiger partial charge in [-0.05, 0) is 17.7 Å². The highest BCUT2D eigenvalue weighted by atomic mass is 16.5. The quantitative estimate of drug-likeness (QED) is 0.882. The van der Waals surface area contributed by atoms with E-state index in [0.717, 1.165) is 25.1 Å². The molecule has 0 unspecified atom stereocenters. The summed E-state index contributed by atoms with van der Waals surface area (Å²) in [5, 5.41) is 3.98. The number of carbonyl (C=O) groups is 1. The Bertz CT molecular complexity index is 675. The van der Waals surface area contributed by atoms with Crippen LogP contribution in [0.3, 0.4) is 0 Å². The highest BCUT2D eigenvalue weighted by Gasteiger charge is 2.23. The molecule has 24 heavy (non-hydrogen) atoms. The second-order valence-corrected chi connectivity index (χ2v) is 5.93. The Hall–Kier alpha value is -2.25. The predicted octanol–water partition coefficient (Wildman–Crippen LogP) is 1.05. The molecule has 2 aromatic rings. The molecule has 1 fully saturated rings. The van der Waals surface area contributed by atoms with Crippen LogP contribution < -0.4 is 5.73 Å². The van der Waals surface area contributed by atoms with Crippen molar-refractivity contribution in [1.29, 1.82) is 0 Å². The predicted molar refractivity (Wildman–Crippen MR) is 89.2 cm³/mol. The van der Waals surface area contributed by atoms with E-state index in [0.29, 0.717) is 43.5 Å². The molecule has 0 saturated carbocycles. The Morgan fingerprint density at radius 1 is 1.21 bits per heavy atom. The number of carbonyl (C=O) groups excluding carboxylic acids is 1. The molecule has 0 bridgehead atoms. The molecule has 1 aromatic carbocycles. The van der Waals surface area contributed by atoms with Gasteiger partial charge in [-0.2, -0.15) is 4.98 Å². The van der Waals surface area contributed by atoms with Gasteiger partial charge in [-0.1, -0.05) is 24.2 Å². The number of nitrogens with two attached hydrogens (primary N) is 1. The van der Waals surface area contributed by atoms with E-state index in [2.05, 4.69) is 15.0 Å². The van der Waals surface area contributed by atoms with Gasteiger partial charge in [0.2, 0.25) is 5.89 Å². The number of piperazine rings is 1. The second kappa shape index (κ2) is 7.55. The van der Waals surface area contributed by atoms with Gasteiger partial charge in [0.05, 0.1) is 6.54 Å². The van der Waals surface area contributed by atoms with Gasteiger partial charge < -0.3 is 15.2 Å². The molecule has 0 aliphatic carbocycles. The van der Waals surface area contributed by atoms with E-state index in [9.17, 15) is 4.79 Å². The minimum atomic E-state index is 0.0750. The van der Waals surface area contributed by atoms with E-state index < -0.39 is 0 Å². The van der Waals surface area contributed by atoms with Crippen molar-refractivity contribution in [2.24, 2.45) is 5.73 Å². The van der Waals surface area contributed by atoms with Crippen LogP contribution in [0.15, 0.2) is 28.8 Å². The summed E-state index contributed by atoms with van der Waals surface area (Å²) in [5.74, 6) is 1.45. The van der Waals surface area contributed by atoms with Gasteiger partial charge in [0.25, 0.3) is 5.91 Å². The highest BCUT2D eigenvalue weighted by molar-refractivity contribution is 5.94. The minimum absolute atomic E-state index is 0.0750. The van der Waals surface area contributed by atoms with Crippen LogP contribution in [0.4, 0.5) is 0 Å². The van der Waals surface area contributed by atoms with Crippen molar-refractivity contribution >= 4 is 5.91 Å².